The van der Waals surface area contributed by atoms with Crippen molar-refractivity contribution in [1.29, 1.82) is 0 Å². The van der Waals surface area contributed by atoms with Gasteiger partial charge in [0.15, 0.2) is 18.2 Å². The van der Waals surface area contributed by atoms with Crippen LogP contribution in [0.1, 0.15) is 16.1 Å². The Bertz CT molecular complexity index is 1080. The lowest BCUT2D eigenvalue weighted by molar-refractivity contribution is -0.119. The molecule has 162 valence electrons. The van der Waals surface area contributed by atoms with E-state index in [-0.39, 0.29) is 5.56 Å². The van der Waals surface area contributed by atoms with Gasteiger partial charge in [0.2, 0.25) is 0 Å². The standard InChI is InChI=1S/C21H21N3O6S/c1-12-18(20(31-4)24-19(22-12)16-6-5-9-29-16)21(26)30-11-17(25)23-14-10-13(27-2)7-8-15(14)28-3/h5-10H,11H2,1-4H3,(H,23,25). The molecule has 1 aromatic carbocycles. The maximum Gasteiger partial charge on any atom is 0.343 e. The number of aromatic nitrogens is 2. The topological polar surface area (TPSA) is 113 Å². The van der Waals surface area contributed by atoms with Crippen LogP contribution in [0.15, 0.2) is 46.0 Å². The summed E-state index contributed by atoms with van der Waals surface area (Å²) in [6.45, 7) is 1.18. The molecule has 0 spiro atoms. The number of anilines is 1. The fourth-order valence-corrected chi connectivity index (χ4v) is 3.36. The fourth-order valence-electron chi connectivity index (χ4n) is 2.75. The Hall–Kier alpha value is -3.53. The molecule has 10 heteroatoms. The lowest BCUT2D eigenvalue weighted by Gasteiger charge is -2.13. The van der Waals surface area contributed by atoms with E-state index < -0.39 is 18.5 Å². The molecule has 1 amide bonds. The number of carbonyl (C=O) groups is 2. The Morgan fingerprint density at radius 2 is 1.97 bits per heavy atom. The van der Waals surface area contributed by atoms with Crippen LogP contribution in [0.5, 0.6) is 11.5 Å². The molecular formula is C21H21N3O6S. The van der Waals surface area contributed by atoms with Crippen LogP contribution in [0.3, 0.4) is 0 Å². The first-order valence-corrected chi connectivity index (χ1v) is 10.3. The van der Waals surface area contributed by atoms with Crippen molar-refractivity contribution in [3.8, 4) is 23.1 Å². The van der Waals surface area contributed by atoms with Crippen LogP contribution in [0.25, 0.3) is 11.6 Å². The van der Waals surface area contributed by atoms with Gasteiger partial charge >= 0.3 is 5.97 Å². The van der Waals surface area contributed by atoms with Crippen LogP contribution in [0, 0.1) is 6.92 Å². The van der Waals surface area contributed by atoms with Crippen LogP contribution in [-0.2, 0) is 9.53 Å². The molecule has 0 bridgehead atoms. The number of aryl methyl sites for hydroxylation is 1. The highest BCUT2D eigenvalue weighted by Gasteiger charge is 2.22. The predicted molar refractivity (Wildman–Crippen MR) is 115 cm³/mol. The molecule has 0 aliphatic rings. The maximum atomic E-state index is 12.7. The molecule has 31 heavy (non-hydrogen) atoms. The van der Waals surface area contributed by atoms with Gasteiger partial charge < -0.3 is 23.9 Å². The van der Waals surface area contributed by atoms with Crippen LogP contribution in [0.2, 0.25) is 0 Å². The Labute approximate surface area is 183 Å². The molecular weight excluding hydrogens is 422 g/mol. The van der Waals surface area contributed by atoms with E-state index in [1.807, 2.05) is 0 Å². The number of rotatable bonds is 8. The Morgan fingerprint density at radius 3 is 2.61 bits per heavy atom. The van der Waals surface area contributed by atoms with Crippen molar-refractivity contribution >= 4 is 29.3 Å². The summed E-state index contributed by atoms with van der Waals surface area (Å²) in [7, 11) is 3.00. The monoisotopic (exact) mass is 443 g/mol. The molecule has 1 N–H and O–H groups in total. The van der Waals surface area contributed by atoms with Gasteiger partial charge in [-0.2, -0.15) is 0 Å². The molecule has 0 saturated heterocycles. The van der Waals surface area contributed by atoms with Crippen LogP contribution < -0.4 is 14.8 Å². The minimum atomic E-state index is -0.694. The summed E-state index contributed by atoms with van der Waals surface area (Å²) in [6.07, 6.45) is 3.30. The average Bonchev–Trinajstić information content (AvgIpc) is 3.31. The molecule has 0 unspecified atom stereocenters. The molecule has 3 aromatic rings. The molecule has 3 rings (SSSR count). The summed E-state index contributed by atoms with van der Waals surface area (Å²) in [5, 5.41) is 3.07. The van der Waals surface area contributed by atoms with Gasteiger partial charge in [-0.3, -0.25) is 4.79 Å². The average molecular weight is 443 g/mol. The van der Waals surface area contributed by atoms with Crippen molar-refractivity contribution in [2.75, 3.05) is 32.4 Å². The minimum absolute atomic E-state index is 0.203. The number of hydrogen-bond acceptors (Lipinski definition) is 9. The third-order valence-corrected chi connectivity index (χ3v) is 4.89. The number of hydrogen-bond donors (Lipinski definition) is 1. The number of thioether (sulfide) groups is 1. The quantitative estimate of drug-likeness (QED) is 0.317. The molecule has 9 nitrogen and oxygen atoms in total. The van der Waals surface area contributed by atoms with Gasteiger partial charge in [0, 0.05) is 6.07 Å². The Morgan fingerprint density at radius 1 is 1.16 bits per heavy atom. The second-order valence-corrected chi connectivity index (χ2v) is 6.98. The molecule has 0 radical (unpaired) electrons. The summed E-state index contributed by atoms with van der Waals surface area (Å²) < 4.78 is 20.9. The largest absolute Gasteiger partial charge is 0.497 e. The fraction of sp³-hybridized carbons (Fsp3) is 0.238. The van der Waals surface area contributed by atoms with E-state index in [1.54, 1.807) is 43.5 Å². The van der Waals surface area contributed by atoms with Gasteiger partial charge in [-0.15, -0.1) is 11.8 Å². The number of benzene rings is 1. The van der Waals surface area contributed by atoms with Crippen LogP contribution >= 0.6 is 11.8 Å². The van der Waals surface area contributed by atoms with Crippen molar-refractivity contribution in [1.82, 2.24) is 9.97 Å². The smallest absolute Gasteiger partial charge is 0.343 e. The van der Waals surface area contributed by atoms with Gasteiger partial charge in [-0.25, -0.2) is 14.8 Å². The van der Waals surface area contributed by atoms with E-state index >= 15 is 0 Å². The third kappa shape index (κ3) is 5.15. The summed E-state index contributed by atoms with van der Waals surface area (Å²) in [6, 6.07) is 8.43. The second-order valence-electron chi connectivity index (χ2n) is 6.18. The Kier molecular flexibility index (Phi) is 7.14. The zero-order valence-electron chi connectivity index (χ0n) is 17.4. The van der Waals surface area contributed by atoms with Gasteiger partial charge in [0.25, 0.3) is 5.91 Å². The van der Waals surface area contributed by atoms with E-state index in [0.717, 1.165) is 0 Å². The number of nitrogens with zero attached hydrogens (tertiary/aromatic N) is 2. The molecule has 0 atom stereocenters. The SMILES string of the molecule is COc1ccc(OC)c(NC(=O)COC(=O)c2c(C)nc(-c3ccco3)nc2SC)c1. The molecule has 0 aliphatic carbocycles. The molecule has 0 saturated carbocycles. The number of carbonyl (C=O) groups excluding carboxylic acids is 2. The number of amides is 1. The first-order chi connectivity index (χ1) is 15.0. The molecule has 0 fully saturated rings. The van der Waals surface area contributed by atoms with Crippen molar-refractivity contribution in [3.63, 3.8) is 0 Å². The van der Waals surface area contributed by atoms with Crippen LogP contribution in [0.4, 0.5) is 5.69 Å². The minimum Gasteiger partial charge on any atom is -0.497 e. The number of esters is 1. The summed E-state index contributed by atoms with van der Waals surface area (Å²) in [5.41, 5.74) is 1.02. The summed E-state index contributed by atoms with van der Waals surface area (Å²) in [4.78, 5) is 33.7. The van der Waals surface area contributed by atoms with Gasteiger partial charge in [0.05, 0.1) is 31.9 Å². The molecule has 2 heterocycles. The third-order valence-electron chi connectivity index (χ3n) is 4.21. The maximum absolute atomic E-state index is 12.7. The summed E-state index contributed by atoms with van der Waals surface area (Å²) >= 11 is 1.27. The number of furan rings is 1. The number of ether oxygens (including phenoxy) is 3. The highest BCUT2D eigenvalue weighted by Crippen LogP contribution is 2.29. The van der Waals surface area contributed by atoms with Crippen molar-refractivity contribution < 1.29 is 28.2 Å². The number of nitrogens with one attached hydrogen (secondary N) is 1. The highest BCUT2D eigenvalue weighted by molar-refractivity contribution is 7.98. The van der Waals surface area contributed by atoms with Gasteiger partial charge in [0.1, 0.15) is 22.1 Å². The van der Waals surface area contributed by atoms with E-state index in [0.29, 0.717) is 39.5 Å². The molecule has 2 aromatic heterocycles. The zero-order chi connectivity index (χ0) is 22.4. The van der Waals surface area contributed by atoms with E-state index in [9.17, 15) is 9.59 Å². The van der Waals surface area contributed by atoms with E-state index in [2.05, 4.69) is 15.3 Å². The second kappa shape index (κ2) is 9.98. The summed E-state index contributed by atoms with van der Waals surface area (Å²) in [5.74, 6) is 0.623. The van der Waals surface area contributed by atoms with E-state index in [4.69, 9.17) is 18.6 Å². The normalized spacial score (nSPS) is 10.5. The first kappa shape index (κ1) is 22.2. The van der Waals surface area contributed by atoms with E-state index in [1.165, 1.54) is 32.2 Å². The zero-order valence-corrected chi connectivity index (χ0v) is 18.2. The Balaban J connectivity index is 1.71. The van der Waals surface area contributed by atoms with Crippen molar-refractivity contribution in [3.05, 3.63) is 47.9 Å². The first-order valence-electron chi connectivity index (χ1n) is 9.12. The predicted octanol–water partition coefficient (Wildman–Crippen LogP) is 3.58. The van der Waals surface area contributed by atoms with Gasteiger partial charge in [-0.05, 0) is 37.4 Å². The lowest BCUT2D eigenvalue weighted by atomic mass is 10.2. The van der Waals surface area contributed by atoms with Crippen molar-refractivity contribution in [2.45, 2.75) is 11.9 Å². The van der Waals surface area contributed by atoms with Crippen LogP contribution in [-0.4, -0.2) is 48.9 Å². The highest BCUT2D eigenvalue weighted by atomic mass is 32.2. The number of methoxy groups -OCH3 is 2. The van der Waals surface area contributed by atoms with Crippen molar-refractivity contribution in [2.24, 2.45) is 0 Å². The van der Waals surface area contributed by atoms with Gasteiger partial charge in [-0.1, -0.05) is 0 Å². The molecule has 0 aliphatic heterocycles. The lowest BCUT2D eigenvalue weighted by Crippen LogP contribution is -2.22.